The van der Waals surface area contributed by atoms with Gasteiger partial charge in [0.05, 0.1) is 31.5 Å². The molecule has 0 aliphatic heterocycles. The highest BCUT2D eigenvalue weighted by Gasteiger charge is 2.15. The Labute approximate surface area is 186 Å². The van der Waals surface area contributed by atoms with Crippen molar-refractivity contribution in [1.29, 1.82) is 0 Å². The van der Waals surface area contributed by atoms with Gasteiger partial charge >= 0.3 is 5.97 Å². The van der Waals surface area contributed by atoms with Gasteiger partial charge in [-0.25, -0.2) is 4.79 Å². The minimum Gasteiger partial charge on any atom is -0.507 e. The van der Waals surface area contributed by atoms with E-state index in [1.807, 2.05) is 6.92 Å². The molecule has 0 spiro atoms. The molecule has 0 aliphatic carbocycles. The van der Waals surface area contributed by atoms with Crippen molar-refractivity contribution in [3.05, 3.63) is 47.0 Å². The molecule has 2 aromatic carbocycles. The maximum atomic E-state index is 12.0. The maximum Gasteiger partial charge on any atom is 0.335 e. The number of hydrogen-bond donors (Lipinski definition) is 2. The van der Waals surface area contributed by atoms with E-state index in [2.05, 4.69) is 0 Å². The summed E-state index contributed by atoms with van der Waals surface area (Å²) in [6.45, 7) is 4.54. The van der Waals surface area contributed by atoms with Crippen LogP contribution in [-0.2, 0) is 0 Å². The largest absolute Gasteiger partial charge is 0.507 e. The minimum atomic E-state index is -1.02. The third-order valence-electron chi connectivity index (χ3n) is 4.54. The number of benzene rings is 2. The van der Waals surface area contributed by atoms with Crippen molar-refractivity contribution in [3.63, 3.8) is 0 Å². The van der Waals surface area contributed by atoms with E-state index in [0.29, 0.717) is 53.8 Å². The molecule has 0 aromatic heterocycles. The van der Waals surface area contributed by atoms with E-state index in [1.165, 1.54) is 19.2 Å². The summed E-state index contributed by atoms with van der Waals surface area (Å²) in [5.74, 6) is 1.76. The second kappa shape index (κ2) is 12.1. The Morgan fingerprint density at radius 3 is 2.26 bits per heavy atom. The van der Waals surface area contributed by atoms with Gasteiger partial charge in [-0.2, -0.15) is 11.8 Å². The summed E-state index contributed by atoms with van der Waals surface area (Å²) in [5, 5.41) is 19.3. The monoisotopic (exact) mass is 448 g/mol. The first-order valence-corrected chi connectivity index (χ1v) is 11.1. The number of rotatable bonds is 13. The zero-order chi connectivity index (χ0) is 22.8. The number of aromatic hydroxyl groups is 1. The van der Waals surface area contributed by atoms with Crippen LogP contribution in [0.1, 0.15) is 46.0 Å². The second-order valence-corrected chi connectivity index (χ2v) is 7.96. The van der Waals surface area contributed by atoms with E-state index in [9.17, 15) is 14.7 Å². The van der Waals surface area contributed by atoms with Crippen LogP contribution < -0.4 is 14.2 Å². The smallest absolute Gasteiger partial charge is 0.335 e. The number of methoxy groups -OCH3 is 1. The highest BCUT2D eigenvalue weighted by atomic mass is 32.2. The zero-order valence-electron chi connectivity index (χ0n) is 18.0. The van der Waals surface area contributed by atoms with Gasteiger partial charge in [-0.3, -0.25) is 4.79 Å². The highest BCUT2D eigenvalue weighted by molar-refractivity contribution is 7.99. The molecule has 0 saturated heterocycles. The molecule has 0 radical (unpaired) electrons. The van der Waals surface area contributed by atoms with Crippen molar-refractivity contribution in [1.82, 2.24) is 0 Å². The van der Waals surface area contributed by atoms with Gasteiger partial charge in [0.2, 0.25) is 0 Å². The predicted octanol–water partition coefficient (Wildman–Crippen LogP) is 4.58. The molecule has 31 heavy (non-hydrogen) atoms. The molecule has 0 heterocycles. The van der Waals surface area contributed by atoms with E-state index in [-0.39, 0.29) is 17.1 Å². The molecular weight excluding hydrogens is 420 g/mol. The van der Waals surface area contributed by atoms with E-state index < -0.39 is 5.97 Å². The molecule has 8 heteroatoms. The molecule has 0 amide bonds. The summed E-state index contributed by atoms with van der Waals surface area (Å²) in [6.07, 6.45) is 1.14. The Morgan fingerprint density at radius 1 is 1.00 bits per heavy atom. The van der Waals surface area contributed by atoms with Gasteiger partial charge in [0, 0.05) is 23.5 Å². The van der Waals surface area contributed by atoms with Gasteiger partial charge in [-0.05, 0) is 43.7 Å². The van der Waals surface area contributed by atoms with Crippen molar-refractivity contribution >= 4 is 23.5 Å². The van der Waals surface area contributed by atoms with Crippen LogP contribution in [0.2, 0.25) is 0 Å². The number of hydrogen-bond acceptors (Lipinski definition) is 7. The van der Waals surface area contributed by atoms with Crippen LogP contribution in [-0.4, -0.2) is 53.8 Å². The number of phenolic OH excluding ortho intramolecular Hbond substituents is 1. The lowest BCUT2D eigenvalue weighted by Crippen LogP contribution is -2.07. The number of ketones is 1. The zero-order valence-corrected chi connectivity index (χ0v) is 18.8. The Hall–Kier alpha value is -2.87. The molecular formula is C23H28O7S. The third kappa shape index (κ3) is 6.82. The van der Waals surface area contributed by atoms with Crippen LogP contribution in [0.3, 0.4) is 0 Å². The number of carbonyl (C=O) groups excluding carboxylic acids is 1. The molecule has 0 bridgehead atoms. The van der Waals surface area contributed by atoms with Gasteiger partial charge in [0.25, 0.3) is 0 Å². The quantitative estimate of drug-likeness (QED) is 0.339. The van der Waals surface area contributed by atoms with Crippen LogP contribution in [0, 0.1) is 6.92 Å². The fourth-order valence-electron chi connectivity index (χ4n) is 2.87. The molecule has 0 saturated carbocycles. The Kier molecular flexibility index (Phi) is 9.52. The Morgan fingerprint density at radius 2 is 1.65 bits per heavy atom. The van der Waals surface area contributed by atoms with Crippen LogP contribution in [0.5, 0.6) is 23.0 Å². The van der Waals surface area contributed by atoms with Gasteiger partial charge in [0.1, 0.15) is 11.5 Å². The number of thioether (sulfide) groups is 1. The topological polar surface area (TPSA) is 102 Å². The molecule has 0 unspecified atom stereocenters. The van der Waals surface area contributed by atoms with E-state index >= 15 is 0 Å². The SMILES string of the molecule is CCCC(=O)c1ccc(OCCSCCOc2ccc(C(=O)O)cc2OC)c(C)c1O. The summed E-state index contributed by atoms with van der Waals surface area (Å²) in [6, 6.07) is 7.82. The molecule has 2 rings (SSSR count). The molecule has 0 fully saturated rings. The normalized spacial score (nSPS) is 10.5. The fraction of sp³-hybridized carbons (Fsp3) is 0.391. The molecule has 2 aromatic rings. The Bertz CT molecular complexity index is 911. The number of ether oxygens (including phenoxy) is 3. The molecule has 7 nitrogen and oxygen atoms in total. The first-order valence-electron chi connectivity index (χ1n) is 9.99. The van der Waals surface area contributed by atoms with Gasteiger partial charge in [0.15, 0.2) is 17.3 Å². The van der Waals surface area contributed by atoms with E-state index in [1.54, 1.807) is 36.9 Å². The first-order chi connectivity index (χ1) is 14.9. The molecule has 168 valence electrons. The van der Waals surface area contributed by atoms with Crippen molar-refractivity contribution in [3.8, 4) is 23.0 Å². The van der Waals surface area contributed by atoms with Crippen molar-refractivity contribution in [2.75, 3.05) is 31.8 Å². The third-order valence-corrected chi connectivity index (χ3v) is 5.45. The maximum absolute atomic E-state index is 12.0. The van der Waals surface area contributed by atoms with Gasteiger partial charge in [-0.1, -0.05) is 6.92 Å². The number of aromatic carboxylic acids is 1. The number of Topliss-reactive ketones (excluding diaryl/α,β-unsaturated/α-hetero) is 1. The lowest BCUT2D eigenvalue weighted by Gasteiger charge is -2.13. The number of phenols is 1. The first kappa shape index (κ1) is 24.4. The van der Waals surface area contributed by atoms with Crippen molar-refractivity contribution in [2.45, 2.75) is 26.7 Å². The Balaban J connectivity index is 1.75. The predicted molar refractivity (Wildman–Crippen MR) is 120 cm³/mol. The van der Waals surface area contributed by atoms with E-state index in [0.717, 1.165) is 12.2 Å². The standard InChI is InChI=1S/C23H28O7S/c1-4-5-18(24)17-7-9-19(15(2)22(17)25)29-10-12-31-13-11-30-20-8-6-16(23(26)27)14-21(20)28-3/h6-9,14,25H,4-5,10-13H2,1-3H3,(H,26,27). The highest BCUT2D eigenvalue weighted by Crippen LogP contribution is 2.31. The molecule has 0 aliphatic rings. The average molecular weight is 449 g/mol. The number of carbonyl (C=O) groups is 2. The van der Waals surface area contributed by atoms with Gasteiger partial charge < -0.3 is 24.4 Å². The van der Waals surface area contributed by atoms with Crippen LogP contribution >= 0.6 is 11.8 Å². The van der Waals surface area contributed by atoms with Crippen LogP contribution in [0.15, 0.2) is 30.3 Å². The summed E-state index contributed by atoms with van der Waals surface area (Å²) in [7, 11) is 1.46. The summed E-state index contributed by atoms with van der Waals surface area (Å²) in [4.78, 5) is 23.0. The van der Waals surface area contributed by atoms with Crippen molar-refractivity contribution < 1.29 is 34.0 Å². The lowest BCUT2D eigenvalue weighted by molar-refractivity contribution is 0.0696. The lowest BCUT2D eigenvalue weighted by atomic mass is 10.0. The summed E-state index contributed by atoms with van der Waals surface area (Å²) < 4.78 is 16.6. The van der Waals surface area contributed by atoms with Crippen LogP contribution in [0.4, 0.5) is 0 Å². The number of carboxylic acid groups (broad SMARTS) is 1. The molecule has 0 atom stereocenters. The molecule has 2 N–H and O–H groups in total. The summed E-state index contributed by atoms with van der Waals surface area (Å²) >= 11 is 1.64. The van der Waals surface area contributed by atoms with E-state index in [4.69, 9.17) is 19.3 Å². The minimum absolute atomic E-state index is 0.0140. The van der Waals surface area contributed by atoms with Gasteiger partial charge in [-0.15, -0.1) is 0 Å². The van der Waals surface area contributed by atoms with Crippen molar-refractivity contribution in [2.24, 2.45) is 0 Å². The fourth-order valence-corrected chi connectivity index (χ4v) is 3.47. The number of carboxylic acids is 1. The summed E-state index contributed by atoms with van der Waals surface area (Å²) in [5.41, 5.74) is 1.04. The van der Waals surface area contributed by atoms with Crippen LogP contribution in [0.25, 0.3) is 0 Å². The average Bonchev–Trinajstić information content (AvgIpc) is 2.75. The second-order valence-electron chi connectivity index (χ2n) is 6.74.